The highest BCUT2D eigenvalue weighted by molar-refractivity contribution is 6.02. The quantitative estimate of drug-likeness (QED) is 0.230. The molecule has 0 amide bonds. The summed E-state index contributed by atoms with van der Waals surface area (Å²) < 4.78 is 5.43. The number of esters is 1. The third-order valence-electron chi connectivity index (χ3n) is 7.01. The molecule has 0 saturated heterocycles. The molecule has 180 valence electrons. The van der Waals surface area contributed by atoms with E-state index in [1.165, 1.54) is 50.1 Å². The summed E-state index contributed by atoms with van der Waals surface area (Å²) in [4.78, 5) is 12.5. The topological polar surface area (TPSA) is 26.3 Å². The molecule has 0 N–H and O–H groups in total. The zero-order valence-electron chi connectivity index (χ0n) is 21.1. The highest BCUT2D eigenvalue weighted by Crippen LogP contribution is 2.50. The minimum Gasteiger partial charge on any atom is -0.459 e. The zero-order valence-corrected chi connectivity index (χ0v) is 21.1. The Labute approximate surface area is 218 Å². The van der Waals surface area contributed by atoms with Gasteiger partial charge in [0, 0.05) is 0 Å². The van der Waals surface area contributed by atoms with Gasteiger partial charge in [-0.15, -0.1) is 0 Å². The van der Waals surface area contributed by atoms with E-state index in [9.17, 15) is 4.79 Å². The first-order chi connectivity index (χ1) is 18.1. The number of ether oxygens (including phenoxy) is 1. The van der Waals surface area contributed by atoms with Gasteiger partial charge in [-0.1, -0.05) is 97.1 Å². The third-order valence-corrected chi connectivity index (χ3v) is 7.01. The van der Waals surface area contributed by atoms with Crippen LogP contribution in [0.15, 0.2) is 115 Å². The number of fused-ring (bicyclic) bond motifs is 3. The van der Waals surface area contributed by atoms with Gasteiger partial charge in [-0.2, -0.15) is 0 Å². The molecule has 2 nitrogen and oxygen atoms in total. The molecule has 0 aliphatic heterocycles. The van der Waals surface area contributed by atoms with Crippen LogP contribution >= 0.6 is 0 Å². The van der Waals surface area contributed by atoms with E-state index in [-0.39, 0.29) is 12.1 Å². The van der Waals surface area contributed by atoms with Crippen molar-refractivity contribution in [3.8, 4) is 44.5 Å². The average molecular weight is 481 g/mol. The Kier molecular flexibility index (Phi) is 5.94. The molecular weight excluding hydrogens is 452 g/mol. The number of hydrogen-bond donors (Lipinski definition) is 0. The van der Waals surface area contributed by atoms with E-state index in [1.807, 2.05) is 26.0 Å². The van der Waals surface area contributed by atoms with E-state index in [2.05, 4.69) is 103 Å². The van der Waals surface area contributed by atoms with Crippen LogP contribution in [0.5, 0.6) is 0 Å². The van der Waals surface area contributed by atoms with Crippen molar-refractivity contribution in [2.24, 2.45) is 0 Å². The van der Waals surface area contributed by atoms with Crippen LogP contribution in [-0.2, 0) is 11.2 Å². The fourth-order valence-corrected chi connectivity index (χ4v) is 5.40. The molecule has 0 saturated carbocycles. The summed E-state index contributed by atoms with van der Waals surface area (Å²) in [7, 11) is 0. The van der Waals surface area contributed by atoms with Crippen molar-refractivity contribution in [1.29, 1.82) is 0 Å². The number of benzene rings is 5. The van der Waals surface area contributed by atoms with Crippen molar-refractivity contribution in [2.45, 2.75) is 26.4 Å². The van der Waals surface area contributed by atoms with E-state index in [4.69, 9.17) is 4.74 Å². The summed E-state index contributed by atoms with van der Waals surface area (Å²) in [5.41, 5.74) is 12.9. The smallest absolute Gasteiger partial charge is 0.338 e. The molecule has 5 aromatic carbocycles. The highest BCUT2D eigenvalue weighted by atomic mass is 16.5. The van der Waals surface area contributed by atoms with Gasteiger partial charge in [0.2, 0.25) is 0 Å². The maximum atomic E-state index is 12.5. The minimum absolute atomic E-state index is 0.152. The van der Waals surface area contributed by atoms with Crippen molar-refractivity contribution in [3.05, 3.63) is 132 Å². The Hall–Kier alpha value is -4.43. The Morgan fingerprint density at radius 3 is 1.89 bits per heavy atom. The normalized spacial score (nSPS) is 11.8. The number of rotatable bonds is 5. The summed E-state index contributed by atoms with van der Waals surface area (Å²) in [5, 5.41) is 0. The molecule has 0 aromatic heterocycles. The van der Waals surface area contributed by atoms with Crippen LogP contribution in [0.25, 0.3) is 44.5 Å². The van der Waals surface area contributed by atoms with Gasteiger partial charge in [-0.3, -0.25) is 0 Å². The predicted molar refractivity (Wildman–Crippen MR) is 152 cm³/mol. The van der Waals surface area contributed by atoms with Gasteiger partial charge in [0.15, 0.2) is 0 Å². The molecule has 0 radical (unpaired) electrons. The number of hydrogen-bond acceptors (Lipinski definition) is 2. The summed E-state index contributed by atoms with van der Waals surface area (Å²) >= 11 is 0. The first kappa shape index (κ1) is 23.0. The molecule has 0 spiro atoms. The van der Waals surface area contributed by atoms with Gasteiger partial charge in [-0.05, 0) is 94.1 Å². The molecule has 0 fully saturated rings. The molecule has 37 heavy (non-hydrogen) atoms. The fraction of sp³-hybridized carbons (Fsp3) is 0.114. The molecule has 5 aromatic rings. The van der Waals surface area contributed by atoms with Gasteiger partial charge in [0.25, 0.3) is 0 Å². The lowest BCUT2D eigenvalue weighted by molar-refractivity contribution is 0.0378. The van der Waals surface area contributed by atoms with Crippen LogP contribution in [0.2, 0.25) is 0 Å². The molecule has 0 bridgehead atoms. The SMILES string of the molecule is CC(C)OC(=O)c1ccc(-c2c3c(cc(-c4ccccc4)c2-c2ccccc2)-c2ccccc2C3)cc1. The molecule has 1 aliphatic rings. The second kappa shape index (κ2) is 9.55. The number of carbonyl (C=O) groups excluding carboxylic acids is 1. The first-order valence-electron chi connectivity index (χ1n) is 12.8. The fourth-order valence-electron chi connectivity index (χ4n) is 5.40. The van der Waals surface area contributed by atoms with Crippen LogP contribution in [0.3, 0.4) is 0 Å². The molecule has 6 rings (SSSR count). The lowest BCUT2D eigenvalue weighted by Crippen LogP contribution is -2.11. The predicted octanol–water partition coefficient (Wildman–Crippen LogP) is 8.82. The monoisotopic (exact) mass is 480 g/mol. The first-order valence-corrected chi connectivity index (χ1v) is 12.8. The third kappa shape index (κ3) is 4.25. The van der Waals surface area contributed by atoms with Gasteiger partial charge >= 0.3 is 5.97 Å². The van der Waals surface area contributed by atoms with Gasteiger partial charge in [0.1, 0.15) is 0 Å². The second-order valence-electron chi connectivity index (χ2n) is 9.80. The standard InChI is InChI=1S/C35H28O2/c1-23(2)37-35(36)27-19-17-26(18-20-27)34-32-21-28-15-9-10-16-29(28)31(32)22-30(24-11-5-3-6-12-24)33(34)25-13-7-4-8-14-25/h3-20,22-23H,21H2,1-2H3. The van der Waals surface area contributed by atoms with Crippen LogP contribution in [0.1, 0.15) is 35.3 Å². The largest absolute Gasteiger partial charge is 0.459 e. The van der Waals surface area contributed by atoms with Gasteiger partial charge in [-0.25, -0.2) is 4.79 Å². The maximum Gasteiger partial charge on any atom is 0.338 e. The Bertz CT molecular complexity index is 1580. The highest BCUT2D eigenvalue weighted by Gasteiger charge is 2.27. The zero-order chi connectivity index (χ0) is 25.4. The molecular formula is C35H28O2. The van der Waals surface area contributed by atoms with Gasteiger partial charge in [0.05, 0.1) is 11.7 Å². The van der Waals surface area contributed by atoms with Crippen molar-refractivity contribution >= 4 is 5.97 Å². The molecule has 1 aliphatic carbocycles. The van der Waals surface area contributed by atoms with Gasteiger partial charge < -0.3 is 4.74 Å². The lowest BCUT2D eigenvalue weighted by Gasteiger charge is -2.21. The summed E-state index contributed by atoms with van der Waals surface area (Å²) in [6, 6.07) is 40.2. The van der Waals surface area contributed by atoms with Crippen molar-refractivity contribution in [1.82, 2.24) is 0 Å². The minimum atomic E-state index is -0.291. The summed E-state index contributed by atoms with van der Waals surface area (Å²) in [6.07, 6.45) is 0.730. The Morgan fingerprint density at radius 2 is 1.22 bits per heavy atom. The average Bonchev–Trinajstić information content (AvgIpc) is 3.31. The van der Waals surface area contributed by atoms with Crippen molar-refractivity contribution < 1.29 is 9.53 Å². The van der Waals surface area contributed by atoms with Crippen molar-refractivity contribution in [2.75, 3.05) is 0 Å². The molecule has 0 heterocycles. The van der Waals surface area contributed by atoms with E-state index < -0.39 is 0 Å². The van der Waals surface area contributed by atoms with Crippen LogP contribution in [-0.4, -0.2) is 12.1 Å². The molecule has 2 heteroatoms. The van der Waals surface area contributed by atoms with E-state index >= 15 is 0 Å². The van der Waals surface area contributed by atoms with Crippen molar-refractivity contribution in [3.63, 3.8) is 0 Å². The Balaban J connectivity index is 1.64. The summed E-state index contributed by atoms with van der Waals surface area (Å²) in [5.74, 6) is -0.291. The van der Waals surface area contributed by atoms with Crippen LogP contribution < -0.4 is 0 Å². The van der Waals surface area contributed by atoms with E-state index in [0.29, 0.717) is 5.56 Å². The lowest BCUT2D eigenvalue weighted by atomic mass is 9.82. The van der Waals surface area contributed by atoms with E-state index in [0.717, 1.165) is 12.0 Å². The maximum absolute atomic E-state index is 12.5. The number of carbonyl (C=O) groups is 1. The van der Waals surface area contributed by atoms with Crippen LogP contribution in [0, 0.1) is 0 Å². The molecule has 0 atom stereocenters. The van der Waals surface area contributed by atoms with E-state index in [1.54, 1.807) is 0 Å². The van der Waals surface area contributed by atoms with Crippen LogP contribution in [0.4, 0.5) is 0 Å². The molecule has 0 unspecified atom stereocenters. The summed E-state index contributed by atoms with van der Waals surface area (Å²) in [6.45, 7) is 3.74. The Morgan fingerprint density at radius 1 is 0.622 bits per heavy atom. The second-order valence-corrected chi connectivity index (χ2v) is 9.80.